The number of primary amides is 1. The SMILES string of the molecule is NC(=O)c1cccc(COC2CCCCCC2N)c1. The zero-order valence-corrected chi connectivity index (χ0v) is 11.2. The Labute approximate surface area is 114 Å². The Morgan fingerprint density at radius 3 is 2.84 bits per heavy atom. The number of rotatable bonds is 4. The molecule has 2 atom stereocenters. The first kappa shape index (κ1) is 14.0. The van der Waals surface area contributed by atoms with Gasteiger partial charge < -0.3 is 16.2 Å². The zero-order chi connectivity index (χ0) is 13.7. The van der Waals surface area contributed by atoms with Crippen molar-refractivity contribution in [3.05, 3.63) is 35.4 Å². The molecule has 0 aromatic heterocycles. The lowest BCUT2D eigenvalue weighted by molar-refractivity contribution is 0.0194. The number of ether oxygens (including phenoxy) is 1. The minimum absolute atomic E-state index is 0.125. The average Bonchev–Trinajstić information content (AvgIpc) is 2.61. The predicted molar refractivity (Wildman–Crippen MR) is 74.6 cm³/mol. The lowest BCUT2D eigenvalue weighted by atomic mass is 10.1. The first-order chi connectivity index (χ1) is 9.16. The van der Waals surface area contributed by atoms with Gasteiger partial charge in [-0.3, -0.25) is 4.79 Å². The highest BCUT2D eigenvalue weighted by molar-refractivity contribution is 5.92. The highest BCUT2D eigenvalue weighted by atomic mass is 16.5. The number of carbonyl (C=O) groups is 1. The Kier molecular flexibility index (Phi) is 4.93. The second-order valence-corrected chi connectivity index (χ2v) is 5.22. The summed E-state index contributed by atoms with van der Waals surface area (Å²) in [6.07, 6.45) is 5.80. The summed E-state index contributed by atoms with van der Waals surface area (Å²) < 4.78 is 5.92. The van der Waals surface area contributed by atoms with E-state index >= 15 is 0 Å². The maximum atomic E-state index is 11.1. The lowest BCUT2D eigenvalue weighted by Gasteiger charge is -2.22. The second-order valence-electron chi connectivity index (χ2n) is 5.22. The molecule has 4 nitrogen and oxygen atoms in total. The predicted octanol–water partition coefficient (Wildman–Crippen LogP) is 1.96. The van der Waals surface area contributed by atoms with E-state index in [0.29, 0.717) is 12.2 Å². The summed E-state index contributed by atoms with van der Waals surface area (Å²) in [7, 11) is 0. The van der Waals surface area contributed by atoms with Crippen LogP contribution in [-0.4, -0.2) is 18.1 Å². The number of benzene rings is 1. The first-order valence-electron chi connectivity index (χ1n) is 6.93. The van der Waals surface area contributed by atoms with Crippen molar-refractivity contribution in [2.45, 2.75) is 50.9 Å². The minimum Gasteiger partial charge on any atom is -0.372 e. The number of carbonyl (C=O) groups excluding carboxylic acids is 1. The highest BCUT2D eigenvalue weighted by Crippen LogP contribution is 2.20. The van der Waals surface area contributed by atoms with E-state index in [1.54, 1.807) is 12.1 Å². The molecule has 1 aromatic carbocycles. The van der Waals surface area contributed by atoms with Crippen LogP contribution < -0.4 is 11.5 Å². The fourth-order valence-electron chi connectivity index (χ4n) is 2.53. The first-order valence-corrected chi connectivity index (χ1v) is 6.93. The molecule has 1 aromatic rings. The van der Waals surface area contributed by atoms with Crippen molar-refractivity contribution in [3.8, 4) is 0 Å². The van der Waals surface area contributed by atoms with E-state index in [9.17, 15) is 4.79 Å². The van der Waals surface area contributed by atoms with Crippen molar-refractivity contribution < 1.29 is 9.53 Å². The van der Waals surface area contributed by atoms with Crippen LogP contribution in [0.1, 0.15) is 48.0 Å². The van der Waals surface area contributed by atoms with E-state index in [0.717, 1.165) is 18.4 Å². The molecule has 4 heteroatoms. The van der Waals surface area contributed by atoms with Crippen molar-refractivity contribution in [2.24, 2.45) is 11.5 Å². The fraction of sp³-hybridized carbons (Fsp3) is 0.533. The van der Waals surface area contributed by atoms with E-state index < -0.39 is 5.91 Å². The van der Waals surface area contributed by atoms with Gasteiger partial charge >= 0.3 is 0 Å². The third-order valence-corrected chi connectivity index (χ3v) is 3.68. The number of amides is 1. The van der Waals surface area contributed by atoms with Gasteiger partial charge in [-0.1, -0.05) is 31.4 Å². The van der Waals surface area contributed by atoms with Gasteiger partial charge in [0.25, 0.3) is 0 Å². The summed E-state index contributed by atoms with van der Waals surface area (Å²) >= 11 is 0. The van der Waals surface area contributed by atoms with Crippen LogP contribution in [0.15, 0.2) is 24.3 Å². The monoisotopic (exact) mass is 262 g/mol. The summed E-state index contributed by atoms with van der Waals surface area (Å²) in [5, 5.41) is 0. The number of hydrogen-bond acceptors (Lipinski definition) is 3. The van der Waals surface area contributed by atoms with Crippen molar-refractivity contribution in [2.75, 3.05) is 0 Å². The molecule has 0 saturated heterocycles. The van der Waals surface area contributed by atoms with Crippen LogP contribution in [0.2, 0.25) is 0 Å². The van der Waals surface area contributed by atoms with Gasteiger partial charge in [0.2, 0.25) is 5.91 Å². The fourth-order valence-corrected chi connectivity index (χ4v) is 2.53. The van der Waals surface area contributed by atoms with Gasteiger partial charge in [0.15, 0.2) is 0 Å². The highest BCUT2D eigenvalue weighted by Gasteiger charge is 2.20. The molecular weight excluding hydrogens is 240 g/mol. The van der Waals surface area contributed by atoms with Crippen LogP contribution in [-0.2, 0) is 11.3 Å². The van der Waals surface area contributed by atoms with Crippen molar-refractivity contribution >= 4 is 5.91 Å². The molecule has 0 bridgehead atoms. The van der Waals surface area contributed by atoms with Crippen LogP contribution >= 0.6 is 0 Å². The largest absolute Gasteiger partial charge is 0.372 e. The average molecular weight is 262 g/mol. The second kappa shape index (κ2) is 6.68. The Balaban J connectivity index is 1.93. The van der Waals surface area contributed by atoms with Crippen LogP contribution in [0.4, 0.5) is 0 Å². The van der Waals surface area contributed by atoms with E-state index in [2.05, 4.69) is 0 Å². The molecule has 0 aliphatic heterocycles. The van der Waals surface area contributed by atoms with Gasteiger partial charge in [-0.2, -0.15) is 0 Å². The molecule has 1 aliphatic rings. The van der Waals surface area contributed by atoms with Crippen molar-refractivity contribution in [1.82, 2.24) is 0 Å². The van der Waals surface area contributed by atoms with Gasteiger partial charge in [0.05, 0.1) is 12.7 Å². The maximum Gasteiger partial charge on any atom is 0.248 e. The third kappa shape index (κ3) is 4.04. The molecule has 104 valence electrons. The Morgan fingerprint density at radius 1 is 1.26 bits per heavy atom. The standard InChI is InChI=1S/C15H22N2O2/c16-13-7-2-1-3-8-14(13)19-10-11-5-4-6-12(9-11)15(17)18/h4-6,9,13-14H,1-3,7-8,10,16H2,(H2,17,18). The summed E-state index contributed by atoms with van der Waals surface area (Å²) in [6.45, 7) is 0.486. The van der Waals surface area contributed by atoms with Gasteiger partial charge in [-0.25, -0.2) is 0 Å². The Hall–Kier alpha value is -1.39. The van der Waals surface area contributed by atoms with Crippen LogP contribution in [0.25, 0.3) is 0 Å². The molecular formula is C15H22N2O2. The Bertz CT molecular complexity index is 434. The smallest absolute Gasteiger partial charge is 0.248 e. The van der Waals surface area contributed by atoms with Gasteiger partial charge in [-0.15, -0.1) is 0 Å². The van der Waals surface area contributed by atoms with E-state index in [1.165, 1.54) is 19.3 Å². The third-order valence-electron chi connectivity index (χ3n) is 3.68. The number of nitrogens with two attached hydrogens (primary N) is 2. The number of hydrogen-bond donors (Lipinski definition) is 2. The molecule has 1 aliphatic carbocycles. The molecule has 4 N–H and O–H groups in total. The van der Waals surface area contributed by atoms with Crippen molar-refractivity contribution in [1.29, 1.82) is 0 Å². The molecule has 0 radical (unpaired) electrons. The quantitative estimate of drug-likeness (QED) is 0.814. The molecule has 2 rings (SSSR count). The molecule has 19 heavy (non-hydrogen) atoms. The zero-order valence-electron chi connectivity index (χ0n) is 11.2. The normalized spacial score (nSPS) is 23.8. The topological polar surface area (TPSA) is 78.3 Å². The van der Waals surface area contributed by atoms with Crippen molar-refractivity contribution in [3.63, 3.8) is 0 Å². The summed E-state index contributed by atoms with van der Waals surface area (Å²) in [4.78, 5) is 11.1. The molecule has 1 fully saturated rings. The van der Waals surface area contributed by atoms with E-state index in [4.69, 9.17) is 16.2 Å². The van der Waals surface area contributed by atoms with Gasteiger partial charge in [0, 0.05) is 11.6 Å². The van der Waals surface area contributed by atoms with E-state index in [-0.39, 0.29) is 12.1 Å². The summed E-state index contributed by atoms with van der Waals surface area (Å²) in [6, 6.07) is 7.38. The Morgan fingerprint density at radius 2 is 2.05 bits per heavy atom. The summed E-state index contributed by atoms with van der Waals surface area (Å²) in [5.74, 6) is -0.409. The molecule has 0 spiro atoms. The summed E-state index contributed by atoms with van der Waals surface area (Å²) in [5.41, 5.74) is 12.9. The van der Waals surface area contributed by atoms with Crippen LogP contribution in [0, 0.1) is 0 Å². The maximum absolute atomic E-state index is 11.1. The molecule has 0 heterocycles. The van der Waals surface area contributed by atoms with E-state index in [1.807, 2.05) is 12.1 Å². The molecule has 1 saturated carbocycles. The molecule has 1 amide bonds. The molecule has 2 unspecified atom stereocenters. The van der Waals surface area contributed by atoms with Gasteiger partial charge in [0.1, 0.15) is 0 Å². The minimum atomic E-state index is -0.409. The van der Waals surface area contributed by atoms with Crippen LogP contribution in [0.5, 0.6) is 0 Å². The van der Waals surface area contributed by atoms with Crippen LogP contribution in [0.3, 0.4) is 0 Å². The van der Waals surface area contributed by atoms with Gasteiger partial charge in [-0.05, 0) is 30.5 Å². The lowest BCUT2D eigenvalue weighted by Crippen LogP contribution is -2.35.